The van der Waals surface area contributed by atoms with Gasteiger partial charge in [-0.3, -0.25) is 14.2 Å². The number of methoxy groups -OCH3 is 1. The first-order chi connectivity index (χ1) is 15.4. The number of hydrogen-bond donors (Lipinski definition) is 1. The lowest BCUT2D eigenvalue weighted by Gasteiger charge is -2.13. The van der Waals surface area contributed by atoms with Gasteiger partial charge >= 0.3 is 0 Å². The summed E-state index contributed by atoms with van der Waals surface area (Å²) in [5.74, 6) is 0.808. The van der Waals surface area contributed by atoms with Gasteiger partial charge in [0.05, 0.1) is 29.3 Å². The van der Waals surface area contributed by atoms with E-state index < -0.39 is 0 Å². The van der Waals surface area contributed by atoms with E-state index in [1.807, 2.05) is 36.4 Å². The highest BCUT2D eigenvalue weighted by Crippen LogP contribution is 2.35. The molecule has 0 bridgehead atoms. The van der Waals surface area contributed by atoms with Gasteiger partial charge in [0.25, 0.3) is 11.5 Å². The molecule has 1 amide bonds. The molecule has 6 nitrogen and oxygen atoms in total. The van der Waals surface area contributed by atoms with Crippen LogP contribution in [0, 0.1) is 3.57 Å². The number of rotatable bonds is 3. The summed E-state index contributed by atoms with van der Waals surface area (Å²) in [6.07, 6.45) is 1.66. The number of ether oxygens (including phenoxy) is 1. The number of carbonyl (C=O) groups is 1. The average Bonchev–Trinajstić information content (AvgIpc) is 3.09. The van der Waals surface area contributed by atoms with Crippen LogP contribution >= 0.6 is 38.5 Å². The standard InChI is InChI=1S/C24H15BrIN3O3/c1-32-16-6-4-15(5-7-16)29-22(27-21-9-3-14(26)11-19(21)24(29)31)12-18-17-10-13(25)2-8-20(17)28-23(18)30/h2-12H,1H3,(H,28,30)/b18-12+. The smallest absolute Gasteiger partial charge is 0.266 e. The number of fused-ring (bicyclic) bond motifs is 2. The SMILES string of the molecule is COc1ccc(-n2c(/C=C3/C(=O)Nc4ccc(Br)cc43)nc3ccc(I)cc3c2=O)cc1. The molecule has 2 heterocycles. The van der Waals surface area contributed by atoms with Gasteiger partial charge < -0.3 is 10.1 Å². The first kappa shape index (κ1) is 20.9. The minimum atomic E-state index is -0.240. The van der Waals surface area contributed by atoms with Crippen molar-refractivity contribution in [1.29, 1.82) is 0 Å². The van der Waals surface area contributed by atoms with Crippen LogP contribution in [0.4, 0.5) is 5.69 Å². The van der Waals surface area contributed by atoms with Crippen LogP contribution in [0.1, 0.15) is 11.4 Å². The van der Waals surface area contributed by atoms with Crippen molar-refractivity contribution in [2.24, 2.45) is 0 Å². The Morgan fingerprint density at radius 3 is 2.59 bits per heavy atom. The Labute approximate surface area is 205 Å². The molecule has 1 aromatic heterocycles. The quantitative estimate of drug-likeness (QED) is 0.258. The molecule has 0 saturated heterocycles. The van der Waals surface area contributed by atoms with Crippen LogP contribution in [-0.2, 0) is 4.79 Å². The number of nitrogens with zero attached hydrogens (tertiary/aromatic N) is 2. The lowest BCUT2D eigenvalue weighted by molar-refractivity contribution is -0.110. The summed E-state index contributed by atoms with van der Waals surface area (Å²) in [6.45, 7) is 0. The zero-order valence-electron chi connectivity index (χ0n) is 16.7. The Bertz CT molecular complexity index is 1490. The predicted molar refractivity (Wildman–Crippen MR) is 137 cm³/mol. The maximum Gasteiger partial charge on any atom is 0.266 e. The van der Waals surface area contributed by atoms with Crippen molar-refractivity contribution < 1.29 is 9.53 Å². The Hall–Kier alpha value is -2.98. The summed E-state index contributed by atoms with van der Waals surface area (Å²) in [5, 5.41) is 3.38. The number of amides is 1. The second kappa shape index (κ2) is 8.18. The van der Waals surface area contributed by atoms with E-state index in [1.165, 1.54) is 4.57 Å². The Morgan fingerprint density at radius 2 is 1.84 bits per heavy atom. The molecule has 32 heavy (non-hydrogen) atoms. The highest BCUT2D eigenvalue weighted by atomic mass is 127. The summed E-state index contributed by atoms with van der Waals surface area (Å²) in [7, 11) is 1.59. The van der Waals surface area contributed by atoms with Gasteiger partial charge in [-0.1, -0.05) is 15.9 Å². The van der Waals surface area contributed by atoms with Gasteiger partial charge in [-0.15, -0.1) is 0 Å². The fourth-order valence-electron chi connectivity index (χ4n) is 3.69. The van der Waals surface area contributed by atoms with Gasteiger partial charge in [0, 0.05) is 19.3 Å². The lowest BCUT2D eigenvalue weighted by Crippen LogP contribution is -2.22. The summed E-state index contributed by atoms with van der Waals surface area (Å²) < 4.78 is 8.57. The van der Waals surface area contributed by atoms with Crippen molar-refractivity contribution in [2.75, 3.05) is 12.4 Å². The normalized spacial score (nSPS) is 14.0. The predicted octanol–water partition coefficient (Wildman–Crippen LogP) is 5.25. The van der Waals surface area contributed by atoms with Gasteiger partial charge in [0.15, 0.2) is 0 Å². The summed E-state index contributed by atoms with van der Waals surface area (Å²) >= 11 is 5.64. The van der Waals surface area contributed by atoms with E-state index in [0.29, 0.717) is 33.7 Å². The second-order valence-corrected chi connectivity index (χ2v) is 9.33. The maximum absolute atomic E-state index is 13.6. The third-order valence-corrected chi connectivity index (χ3v) is 6.39. The second-order valence-electron chi connectivity index (χ2n) is 7.17. The van der Waals surface area contributed by atoms with Crippen LogP contribution in [0.5, 0.6) is 5.75 Å². The highest BCUT2D eigenvalue weighted by Gasteiger charge is 2.25. The summed E-state index contributed by atoms with van der Waals surface area (Å²) in [5.41, 5.74) is 2.91. The lowest BCUT2D eigenvalue weighted by atomic mass is 10.1. The molecule has 1 aliphatic heterocycles. The van der Waals surface area contributed by atoms with Crippen LogP contribution < -0.4 is 15.6 Å². The Balaban J connectivity index is 1.80. The van der Waals surface area contributed by atoms with E-state index in [9.17, 15) is 9.59 Å². The fourth-order valence-corrected chi connectivity index (χ4v) is 4.54. The topological polar surface area (TPSA) is 73.2 Å². The number of aromatic nitrogens is 2. The molecule has 4 aromatic rings. The van der Waals surface area contributed by atoms with E-state index in [2.05, 4.69) is 43.8 Å². The fraction of sp³-hybridized carbons (Fsp3) is 0.0417. The van der Waals surface area contributed by atoms with Crippen molar-refractivity contribution in [3.63, 3.8) is 0 Å². The average molecular weight is 600 g/mol. The molecule has 1 N–H and O–H groups in total. The number of anilines is 1. The number of nitrogens with one attached hydrogen (secondary N) is 1. The molecule has 0 aliphatic carbocycles. The van der Waals surface area contributed by atoms with Crippen molar-refractivity contribution in [2.45, 2.75) is 0 Å². The van der Waals surface area contributed by atoms with Crippen LogP contribution in [0.3, 0.4) is 0 Å². The van der Waals surface area contributed by atoms with Crippen LogP contribution in [0.2, 0.25) is 0 Å². The molecule has 0 spiro atoms. The van der Waals surface area contributed by atoms with Crippen LogP contribution in [0.25, 0.3) is 28.2 Å². The van der Waals surface area contributed by atoms with Crippen molar-refractivity contribution in [3.05, 3.63) is 90.4 Å². The Kier molecular flexibility index (Phi) is 5.34. The van der Waals surface area contributed by atoms with Crippen LogP contribution in [0.15, 0.2) is 69.9 Å². The first-order valence-corrected chi connectivity index (χ1v) is 11.5. The minimum Gasteiger partial charge on any atom is -0.497 e. The highest BCUT2D eigenvalue weighted by molar-refractivity contribution is 14.1. The minimum absolute atomic E-state index is 0.210. The number of benzene rings is 3. The molecule has 0 atom stereocenters. The van der Waals surface area contributed by atoms with E-state index in [0.717, 1.165) is 19.3 Å². The Morgan fingerprint density at radius 1 is 1.06 bits per heavy atom. The molecular weight excluding hydrogens is 585 g/mol. The molecule has 0 radical (unpaired) electrons. The van der Waals surface area contributed by atoms with Gasteiger partial charge in [-0.2, -0.15) is 0 Å². The zero-order chi connectivity index (χ0) is 22.4. The van der Waals surface area contributed by atoms with Gasteiger partial charge in [-0.05, 0) is 89.3 Å². The third kappa shape index (κ3) is 3.63. The summed E-state index contributed by atoms with van der Waals surface area (Å²) in [6, 6.07) is 18.3. The molecule has 158 valence electrons. The molecule has 0 unspecified atom stereocenters. The molecule has 3 aromatic carbocycles. The third-order valence-electron chi connectivity index (χ3n) is 5.22. The number of halogens is 2. The number of carbonyl (C=O) groups excluding carboxylic acids is 1. The van der Waals surface area contributed by atoms with E-state index >= 15 is 0 Å². The van der Waals surface area contributed by atoms with Gasteiger partial charge in [0.1, 0.15) is 11.6 Å². The number of hydrogen-bond acceptors (Lipinski definition) is 4. The van der Waals surface area contributed by atoms with Crippen molar-refractivity contribution in [3.8, 4) is 11.4 Å². The molecule has 0 saturated carbocycles. The van der Waals surface area contributed by atoms with Crippen molar-refractivity contribution in [1.82, 2.24) is 9.55 Å². The van der Waals surface area contributed by atoms with Crippen LogP contribution in [-0.4, -0.2) is 22.6 Å². The zero-order valence-corrected chi connectivity index (χ0v) is 20.5. The molecule has 5 rings (SSSR count). The molecule has 1 aliphatic rings. The molecule has 0 fully saturated rings. The monoisotopic (exact) mass is 599 g/mol. The maximum atomic E-state index is 13.6. The van der Waals surface area contributed by atoms with Gasteiger partial charge in [0.2, 0.25) is 0 Å². The molecular formula is C24H15BrIN3O3. The molecule has 8 heteroatoms. The van der Waals surface area contributed by atoms with E-state index in [-0.39, 0.29) is 11.5 Å². The first-order valence-electron chi connectivity index (χ1n) is 9.64. The largest absolute Gasteiger partial charge is 0.497 e. The van der Waals surface area contributed by atoms with E-state index in [1.54, 1.807) is 37.5 Å². The van der Waals surface area contributed by atoms with Gasteiger partial charge in [-0.25, -0.2) is 4.98 Å². The summed E-state index contributed by atoms with van der Waals surface area (Å²) in [4.78, 5) is 31.1. The van der Waals surface area contributed by atoms with Crippen molar-refractivity contribution >= 4 is 72.7 Å². The van der Waals surface area contributed by atoms with E-state index in [4.69, 9.17) is 9.72 Å².